The second-order valence-electron chi connectivity index (χ2n) is 6.45. The van der Waals surface area contributed by atoms with E-state index in [0.717, 1.165) is 29.5 Å². The van der Waals surface area contributed by atoms with Crippen LogP contribution in [0.1, 0.15) is 24.5 Å². The summed E-state index contributed by atoms with van der Waals surface area (Å²) in [5, 5.41) is 1.18. The highest BCUT2D eigenvalue weighted by molar-refractivity contribution is 6.33. The number of ether oxygens (including phenoxy) is 1. The van der Waals surface area contributed by atoms with E-state index in [9.17, 15) is 13.6 Å². The summed E-state index contributed by atoms with van der Waals surface area (Å²) in [6.07, 6.45) is 1.58. The van der Waals surface area contributed by atoms with Gasteiger partial charge in [-0.1, -0.05) is 24.9 Å². The van der Waals surface area contributed by atoms with Crippen LogP contribution in [0.3, 0.4) is 0 Å². The minimum absolute atomic E-state index is 0.113. The number of halogens is 3. The highest BCUT2D eigenvalue weighted by atomic mass is 35.5. The summed E-state index contributed by atoms with van der Waals surface area (Å²) >= 11 is 6.40. The lowest BCUT2D eigenvalue weighted by Crippen LogP contribution is -2.32. The van der Waals surface area contributed by atoms with Crippen LogP contribution in [0.2, 0.25) is 5.02 Å². The first-order valence-corrected chi connectivity index (χ1v) is 8.96. The molecule has 0 fully saturated rings. The fourth-order valence-electron chi connectivity index (χ4n) is 3.38. The highest BCUT2D eigenvalue weighted by Gasteiger charge is 2.26. The van der Waals surface area contributed by atoms with Crippen molar-refractivity contribution in [2.24, 2.45) is 0 Å². The van der Waals surface area contributed by atoms with Gasteiger partial charge in [-0.2, -0.15) is 0 Å². The number of nitrogens with zero attached hydrogens (tertiary/aromatic N) is 1. The molecule has 4 nitrogen and oxygen atoms in total. The van der Waals surface area contributed by atoms with Crippen LogP contribution in [-0.4, -0.2) is 6.73 Å². The van der Waals surface area contributed by atoms with Crippen molar-refractivity contribution < 1.29 is 17.9 Å². The van der Waals surface area contributed by atoms with Crippen molar-refractivity contribution in [1.29, 1.82) is 0 Å². The Bertz CT molecular complexity index is 1100. The summed E-state index contributed by atoms with van der Waals surface area (Å²) < 4.78 is 38.1. The van der Waals surface area contributed by atoms with Gasteiger partial charge in [0.25, 0.3) is 0 Å². The Hall–Kier alpha value is -2.60. The van der Waals surface area contributed by atoms with Crippen molar-refractivity contribution in [2.75, 3.05) is 11.6 Å². The fraction of sp³-hybridized carbons (Fsp3) is 0.250. The predicted octanol–water partition coefficient (Wildman–Crippen LogP) is 5.03. The molecule has 0 saturated heterocycles. The topological polar surface area (TPSA) is 42.7 Å². The molecule has 0 atom stereocenters. The first-order valence-electron chi connectivity index (χ1n) is 8.59. The maximum absolute atomic E-state index is 13.6. The van der Waals surface area contributed by atoms with E-state index in [1.54, 1.807) is 11.0 Å². The Balaban J connectivity index is 1.86. The van der Waals surface area contributed by atoms with Crippen LogP contribution in [0.15, 0.2) is 39.5 Å². The molecule has 0 aliphatic carbocycles. The number of benzene rings is 2. The zero-order valence-electron chi connectivity index (χ0n) is 14.5. The van der Waals surface area contributed by atoms with Crippen LogP contribution in [0.25, 0.3) is 11.0 Å². The van der Waals surface area contributed by atoms with Crippen molar-refractivity contribution in [3.8, 4) is 5.75 Å². The van der Waals surface area contributed by atoms with E-state index in [-0.39, 0.29) is 13.3 Å². The molecule has 0 amide bonds. The van der Waals surface area contributed by atoms with Gasteiger partial charge >= 0.3 is 5.63 Å². The Morgan fingerprint density at radius 3 is 2.74 bits per heavy atom. The third-order valence-corrected chi connectivity index (χ3v) is 4.90. The second-order valence-corrected chi connectivity index (χ2v) is 6.86. The van der Waals surface area contributed by atoms with Crippen molar-refractivity contribution in [3.63, 3.8) is 0 Å². The Kier molecular flexibility index (Phi) is 4.52. The molecule has 2 heterocycles. The quantitative estimate of drug-likeness (QED) is 0.587. The Morgan fingerprint density at radius 2 is 2.00 bits per heavy atom. The molecule has 2 aromatic carbocycles. The van der Waals surface area contributed by atoms with Crippen LogP contribution in [-0.2, 0) is 13.0 Å². The van der Waals surface area contributed by atoms with E-state index in [4.69, 9.17) is 20.8 Å². The first-order chi connectivity index (χ1) is 13.0. The molecule has 1 aromatic heterocycles. The molecule has 0 N–H and O–H groups in total. The molecule has 140 valence electrons. The van der Waals surface area contributed by atoms with E-state index in [0.29, 0.717) is 34.0 Å². The number of aryl methyl sites for hydroxylation is 1. The first kappa shape index (κ1) is 17.8. The molecule has 1 aliphatic heterocycles. The number of anilines is 1. The van der Waals surface area contributed by atoms with Gasteiger partial charge in [-0.05, 0) is 30.2 Å². The normalized spacial score (nSPS) is 13.6. The molecule has 27 heavy (non-hydrogen) atoms. The van der Waals surface area contributed by atoms with Gasteiger partial charge in [-0.3, -0.25) is 0 Å². The van der Waals surface area contributed by atoms with Gasteiger partial charge in [0, 0.05) is 23.2 Å². The van der Waals surface area contributed by atoms with E-state index >= 15 is 0 Å². The zero-order valence-corrected chi connectivity index (χ0v) is 15.3. The highest BCUT2D eigenvalue weighted by Crippen LogP contribution is 2.40. The maximum Gasteiger partial charge on any atom is 0.336 e. The summed E-state index contributed by atoms with van der Waals surface area (Å²) in [5.74, 6) is -1.41. The molecule has 4 rings (SSSR count). The summed E-state index contributed by atoms with van der Waals surface area (Å²) in [7, 11) is 0. The molecule has 7 heteroatoms. The second kappa shape index (κ2) is 6.85. The predicted molar refractivity (Wildman–Crippen MR) is 99.5 cm³/mol. The minimum atomic E-state index is -0.939. The monoisotopic (exact) mass is 391 g/mol. The third kappa shape index (κ3) is 3.14. The molecular formula is C20H16ClF2NO3. The number of hydrogen-bond donors (Lipinski definition) is 0. The van der Waals surface area contributed by atoms with Gasteiger partial charge in [-0.25, -0.2) is 13.6 Å². The van der Waals surface area contributed by atoms with E-state index in [1.807, 2.05) is 6.92 Å². The van der Waals surface area contributed by atoms with Crippen molar-refractivity contribution in [1.82, 2.24) is 0 Å². The van der Waals surface area contributed by atoms with E-state index in [2.05, 4.69) is 0 Å². The largest absolute Gasteiger partial charge is 0.471 e. The number of rotatable bonds is 3. The van der Waals surface area contributed by atoms with Crippen LogP contribution >= 0.6 is 11.6 Å². The average Bonchev–Trinajstić information content (AvgIpc) is 2.65. The van der Waals surface area contributed by atoms with Gasteiger partial charge in [0.05, 0.1) is 17.1 Å². The average molecular weight is 392 g/mol. The molecule has 0 saturated carbocycles. The lowest BCUT2D eigenvalue weighted by Gasteiger charge is -2.31. The summed E-state index contributed by atoms with van der Waals surface area (Å²) in [4.78, 5) is 13.8. The van der Waals surface area contributed by atoms with Gasteiger partial charge < -0.3 is 14.1 Å². The third-order valence-electron chi connectivity index (χ3n) is 4.62. The molecule has 1 aliphatic rings. The van der Waals surface area contributed by atoms with Crippen LogP contribution in [0.4, 0.5) is 14.5 Å². The zero-order chi connectivity index (χ0) is 19.1. The molecule has 3 aromatic rings. The summed E-state index contributed by atoms with van der Waals surface area (Å²) in [5.41, 5.74) is 1.90. The lowest BCUT2D eigenvalue weighted by molar-refractivity contribution is 0.289. The molecule has 0 spiro atoms. The van der Waals surface area contributed by atoms with Crippen LogP contribution in [0.5, 0.6) is 5.75 Å². The number of fused-ring (bicyclic) bond motifs is 3. The smallest absolute Gasteiger partial charge is 0.336 e. The van der Waals surface area contributed by atoms with E-state index in [1.165, 1.54) is 12.1 Å². The van der Waals surface area contributed by atoms with Crippen molar-refractivity contribution in [2.45, 2.75) is 26.3 Å². The van der Waals surface area contributed by atoms with Crippen LogP contribution < -0.4 is 15.3 Å². The van der Waals surface area contributed by atoms with Crippen molar-refractivity contribution in [3.05, 3.63) is 68.5 Å². The van der Waals surface area contributed by atoms with Gasteiger partial charge in [0.15, 0.2) is 18.4 Å². The van der Waals surface area contributed by atoms with Crippen molar-refractivity contribution >= 4 is 28.3 Å². The van der Waals surface area contributed by atoms with Gasteiger partial charge in [0.2, 0.25) is 0 Å². The van der Waals surface area contributed by atoms with E-state index < -0.39 is 17.3 Å². The standard InChI is InChI=1S/C20H16ClF2NO3/c1-2-3-11-6-18(25)27-19-13(11)8-15(21)20-14(19)9-24(10-26-20)12-4-5-16(22)17(23)7-12/h4-8H,2-3,9-10H2,1H3. The lowest BCUT2D eigenvalue weighted by atomic mass is 10.0. The fourth-order valence-corrected chi connectivity index (χ4v) is 3.65. The summed E-state index contributed by atoms with van der Waals surface area (Å²) in [6.45, 7) is 2.42. The maximum atomic E-state index is 13.6. The Morgan fingerprint density at radius 1 is 1.19 bits per heavy atom. The molecular weight excluding hydrogens is 376 g/mol. The minimum Gasteiger partial charge on any atom is -0.471 e. The van der Waals surface area contributed by atoms with Gasteiger partial charge in [0.1, 0.15) is 11.3 Å². The van der Waals surface area contributed by atoms with Gasteiger partial charge in [-0.15, -0.1) is 0 Å². The number of hydrogen-bond acceptors (Lipinski definition) is 4. The molecule has 0 radical (unpaired) electrons. The Labute approximate surface area is 158 Å². The summed E-state index contributed by atoms with van der Waals surface area (Å²) in [6, 6.07) is 6.87. The molecule has 0 bridgehead atoms. The SMILES string of the molecule is CCCc1cc(=O)oc2c3c(c(Cl)cc12)OCN(c1ccc(F)c(F)c1)C3. The molecule has 0 unspecified atom stereocenters. The van der Waals surface area contributed by atoms with Crippen LogP contribution in [0, 0.1) is 11.6 Å².